The van der Waals surface area contributed by atoms with Crippen molar-refractivity contribution in [3.05, 3.63) is 29.8 Å². The molecule has 0 bridgehead atoms. The zero-order chi connectivity index (χ0) is 12.5. The zero-order valence-corrected chi connectivity index (χ0v) is 11.0. The molecular weight excluding hydrogens is 210 g/mol. The summed E-state index contributed by atoms with van der Waals surface area (Å²) in [5.74, 6) is 0. The molecule has 1 N–H and O–H groups in total. The van der Waals surface area contributed by atoms with Crippen molar-refractivity contribution in [2.75, 3.05) is 13.2 Å². The summed E-state index contributed by atoms with van der Waals surface area (Å²) in [4.78, 5) is 0. The maximum atomic E-state index is 8.88. The maximum Gasteiger partial charge on any atom is 0.209 e. The normalized spacial score (nSPS) is 17.4. The molecule has 0 atom stereocenters. The van der Waals surface area contributed by atoms with Crippen molar-refractivity contribution < 1.29 is 9.68 Å². The molecule has 1 aromatic rings. The van der Waals surface area contributed by atoms with Gasteiger partial charge in [-0.1, -0.05) is 18.2 Å². The first-order chi connectivity index (χ1) is 8.09. The Labute approximate surface area is 104 Å². The van der Waals surface area contributed by atoms with Crippen LogP contribution in [-0.4, -0.2) is 28.5 Å². The van der Waals surface area contributed by atoms with Gasteiger partial charge in [-0.25, -0.2) is 0 Å². The van der Waals surface area contributed by atoms with E-state index < -0.39 is 0 Å². The highest BCUT2D eigenvalue weighted by molar-refractivity contribution is 5.93. The van der Waals surface area contributed by atoms with E-state index >= 15 is 0 Å². The first kappa shape index (κ1) is 12.3. The Morgan fingerprint density at radius 3 is 2.59 bits per heavy atom. The first-order valence-electron chi connectivity index (χ1n) is 6.41. The van der Waals surface area contributed by atoms with E-state index in [1.165, 1.54) is 17.0 Å². The Hall–Kier alpha value is -1.15. The number of benzene rings is 1. The third-order valence-electron chi connectivity index (χ3n) is 3.97. The fourth-order valence-corrected chi connectivity index (χ4v) is 2.62. The van der Waals surface area contributed by atoms with Gasteiger partial charge >= 0.3 is 0 Å². The minimum atomic E-state index is 0.135. The monoisotopic (exact) mass is 232 g/mol. The lowest BCUT2D eigenvalue weighted by molar-refractivity contribution is -0.439. The number of aliphatic hydroxyl groups is 1. The van der Waals surface area contributed by atoms with Crippen LogP contribution in [0.1, 0.15) is 39.2 Å². The lowest BCUT2D eigenvalue weighted by Gasteiger charge is -2.14. The summed E-state index contributed by atoms with van der Waals surface area (Å²) in [7, 11) is 0. The highest BCUT2D eigenvalue weighted by atomic mass is 16.2. The summed E-state index contributed by atoms with van der Waals surface area (Å²) in [6.45, 7) is 8.09. The van der Waals surface area contributed by atoms with Gasteiger partial charge in [0.15, 0.2) is 5.71 Å². The van der Waals surface area contributed by atoms with Crippen LogP contribution in [0.25, 0.3) is 0 Å². The van der Waals surface area contributed by atoms with Crippen LogP contribution in [0.4, 0.5) is 5.69 Å². The van der Waals surface area contributed by atoms with Crippen LogP contribution >= 0.6 is 0 Å². The van der Waals surface area contributed by atoms with Crippen LogP contribution in [0.5, 0.6) is 0 Å². The van der Waals surface area contributed by atoms with E-state index in [-0.39, 0.29) is 12.0 Å². The molecule has 0 radical (unpaired) electrons. The predicted octanol–water partition coefficient (Wildman–Crippen LogP) is 2.86. The summed E-state index contributed by atoms with van der Waals surface area (Å²) < 4.78 is 2.41. The minimum Gasteiger partial charge on any atom is -0.396 e. The van der Waals surface area contributed by atoms with E-state index in [1.54, 1.807) is 0 Å². The van der Waals surface area contributed by atoms with E-state index in [1.807, 2.05) is 0 Å². The van der Waals surface area contributed by atoms with E-state index in [4.69, 9.17) is 5.11 Å². The molecule has 0 amide bonds. The molecule has 0 unspecified atom stereocenters. The molecule has 2 heteroatoms. The highest BCUT2D eigenvalue weighted by Gasteiger charge is 2.42. The second-order valence-corrected chi connectivity index (χ2v) is 5.31. The lowest BCUT2D eigenvalue weighted by atomic mass is 9.82. The molecule has 0 fully saturated rings. The minimum absolute atomic E-state index is 0.135. The smallest absolute Gasteiger partial charge is 0.209 e. The molecule has 1 heterocycles. The number of aliphatic hydroxyl groups excluding tert-OH is 1. The molecule has 0 saturated carbocycles. The van der Waals surface area contributed by atoms with Gasteiger partial charge in [-0.3, -0.25) is 0 Å². The van der Waals surface area contributed by atoms with Crippen LogP contribution < -0.4 is 0 Å². The molecule has 92 valence electrons. The third-order valence-corrected chi connectivity index (χ3v) is 3.97. The quantitative estimate of drug-likeness (QED) is 0.626. The summed E-state index contributed by atoms with van der Waals surface area (Å²) in [6.07, 6.45) is 1.92. The van der Waals surface area contributed by atoms with Gasteiger partial charge in [0.1, 0.15) is 6.54 Å². The van der Waals surface area contributed by atoms with Crippen molar-refractivity contribution in [2.45, 2.75) is 39.0 Å². The van der Waals surface area contributed by atoms with Gasteiger partial charge in [0.05, 0.1) is 5.41 Å². The number of rotatable bonds is 4. The number of para-hydroxylation sites is 1. The SMILES string of the molecule is CC1=[N+](CCCCO)c2ccccc2C1(C)C. The molecule has 2 rings (SSSR count). The molecule has 17 heavy (non-hydrogen) atoms. The Morgan fingerprint density at radius 2 is 1.88 bits per heavy atom. The summed E-state index contributed by atoms with van der Waals surface area (Å²) >= 11 is 0. The molecule has 1 aliphatic rings. The Balaban J connectivity index is 2.33. The predicted molar refractivity (Wildman–Crippen MR) is 71.3 cm³/mol. The lowest BCUT2D eigenvalue weighted by Crippen LogP contribution is -2.26. The number of hydrogen-bond acceptors (Lipinski definition) is 1. The van der Waals surface area contributed by atoms with E-state index in [0.717, 1.165) is 19.4 Å². The summed E-state index contributed by atoms with van der Waals surface area (Å²) in [6, 6.07) is 8.65. The standard InChI is InChI=1S/C15H22NO/c1-12-15(2,3)13-8-4-5-9-14(13)16(12)10-6-7-11-17/h4-5,8-9,17H,6-7,10-11H2,1-3H3/q+1. The van der Waals surface area contributed by atoms with Crippen molar-refractivity contribution in [3.63, 3.8) is 0 Å². The molecule has 1 aliphatic heterocycles. The summed E-state index contributed by atoms with van der Waals surface area (Å²) in [5, 5.41) is 8.88. The second kappa shape index (κ2) is 4.61. The number of hydrogen-bond donors (Lipinski definition) is 1. The fraction of sp³-hybridized carbons (Fsp3) is 0.533. The van der Waals surface area contributed by atoms with E-state index in [0.29, 0.717) is 0 Å². The van der Waals surface area contributed by atoms with Crippen molar-refractivity contribution in [1.29, 1.82) is 0 Å². The van der Waals surface area contributed by atoms with Gasteiger partial charge in [-0.15, -0.1) is 0 Å². The molecule has 0 spiro atoms. The van der Waals surface area contributed by atoms with Gasteiger partial charge in [0.2, 0.25) is 5.69 Å². The van der Waals surface area contributed by atoms with Crippen LogP contribution in [0.15, 0.2) is 24.3 Å². The van der Waals surface area contributed by atoms with Gasteiger partial charge in [0, 0.05) is 31.6 Å². The van der Waals surface area contributed by atoms with Gasteiger partial charge in [0.25, 0.3) is 0 Å². The topological polar surface area (TPSA) is 23.2 Å². The van der Waals surface area contributed by atoms with E-state index in [9.17, 15) is 0 Å². The number of unbranched alkanes of at least 4 members (excludes halogenated alkanes) is 1. The van der Waals surface area contributed by atoms with Crippen LogP contribution in [0.3, 0.4) is 0 Å². The molecule has 2 nitrogen and oxygen atoms in total. The largest absolute Gasteiger partial charge is 0.396 e. The molecule has 0 saturated heterocycles. The molecule has 1 aromatic carbocycles. The number of fused-ring (bicyclic) bond motifs is 1. The summed E-state index contributed by atoms with van der Waals surface area (Å²) in [5.41, 5.74) is 4.31. The van der Waals surface area contributed by atoms with Crippen LogP contribution in [0, 0.1) is 0 Å². The van der Waals surface area contributed by atoms with E-state index in [2.05, 4.69) is 49.6 Å². The van der Waals surface area contributed by atoms with Gasteiger partial charge in [-0.2, -0.15) is 4.58 Å². The Morgan fingerprint density at radius 1 is 1.18 bits per heavy atom. The molecular formula is C15H22NO+. The van der Waals surface area contributed by atoms with Crippen molar-refractivity contribution >= 4 is 11.4 Å². The average Bonchev–Trinajstić information content (AvgIpc) is 2.51. The Bertz CT molecular complexity index is 446. The average molecular weight is 232 g/mol. The highest BCUT2D eigenvalue weighted by Crippen LogP contribution is 2.39. The first-order valence-corrected chi connectivity index (χ1v) is 6.41. The van der Waals surface area contributed by atoms with Crippen LogP contribution in [0.2, 0.25) is 0 Å². The van der Waals surface area contributed by atoms with Crippen molar-refractivity contribution in [1.82, 2.24) is 0 Å². The van der Waals surface area contributed by atoms with Gasteiger partial charge < -0.3 is 5.11 Å². The number of nitrogens with zero attached hydrogens (tertiary/aromatic N) is 1. The molecule has 0 aliphatic carbocycles. The maximum absolute atomic E-state index is 8.88. The molecule has 0 aromatic heterocycles. The van der Waals surface area contributed by atoms with Crippen molar-refractivity contribution in [2.24, 2.45) is 0 Å². The second-order valence-electron chi connectivity index (χ2n) is 5.31. The Kier molecular flexibility index (Phi) is 3.34. The van der Waals surface area contributed by atoms with Crippen LogP contribution in [-0.2, 0) is 5.41 Å². The zero-order valence-electron chi connectivity index (χ0n) is 11.0. The fourth-order valence-electron chi connectivity index (χ4n) is 2.62. The van der Waals surface area contributed by atoms with Crippen molar-refractivity contribution in [3.8, 4) is 0 Å². The third kappa shape index (κ3) is 2.02. The van der Waals surface area contributed by atoms with Gasteiger partial charge in [-0.05, 0) is 20.3 Å².